The third kappa shape index (κ3) is 4.01. The number of hydrogen-bond donors (Lipinski definition) is 0. The Bertz CT molecular complexity index is 1310. The summed E-state index contributed by atoms with van der Waals surface area (Å²) in [5, 5.41) is 1.83. The zero-order chi connectivity index (χ0) is 21.4. The maximum absolute atomic E-state index is 13.6. The normalized spacial score (nSPS) is 14.0. The molecule has 0 radical (unpaired) electrons. The second-order valence-electron chi connectivity index (χ2n) is 8.30. The number of aryl methyl sites for hydroxylation is 1. The highest BCUT2D eigenvalue weighted by atomic mass is 35.5. The standard InChI is InChI=1S/C26H24ClN3O/c1-18-7-9-19(10-8-18)16-30-25-23(6-3-12-28-25)22-11-13-29(17-24(22)26(30)31)15-20-4-2-5-21(27)14-20/h2-10,12,14H,11,13,15-17H2,1H3. The molecule has 1 aliphatic rings. The number of aromatic nitrogens is 2. The molecule has 0 spiro atoms. The first-order valence-corrected chi connectivity index (χ1v) is 11.0. The predicted molar refractivity (Wildman–Crippen MR) is 126 cm³/mol. The van der Waals surface area contributed by atoms with Gasteiger partial charge in [0.25, 0.3) is 5.56 Å². The Kier molecular flexibility index (Phi) is 5.34. The van der Waals surface area contributed by atoms with E-state index >= 15 is 0 Å². The van der Waals surface area contributed by atoms with E-state index in [2.05, 4.69) is 53.2 Å². The average molecular weight is 430 g/mol. The minimum Gasteiger partial charge on any atom is -0.294 e. The van der Waals surface area contributed by atoms with E-state index in [4.69, 9.17) is 11.6 Å². The molecule has 4 aromatic rings. The van der Waals surface area contributed by atoms with Crippen molar-refractivity contribution in [3.05, 3.63) is 110 Å². The average Bonchev–Trinajstić information content (AvgIpc) is 2.78. The van der Waals surface area contributed by atoms with Crippen LogP contribution in [0.5, 0.6) is 0 Å². The summed E-state index contributed by atoms with van der Waals surface area (Å²) in [6, 6.07) is 20.3. The van der Waals surface area contributed by atoms with Crippen molar-refractivity contribution in [2.45, 2.75) is 33.0 Å². The highest BCUT2D eigenvalue weighted by molar-refractivity contribution is 6.30. The predicted octanol–water partition coefficient (Wildman–Crippen LogP) is 4.96. The van der Waals surface area contributed by atoms with E-state index in [0.717, 1.165) is 52.3 Å². The molecule has 0 unspecified atom stereocenters. The number of nitrogens with zero attached hydrogens (tertiary/aromatic N) is 3. The van der Waals surface area contributed by atoms with Gasteiger partial charge in [0.05, 0.1) is 6.54 Å². The summed E-state index contributed by atoms with van der Waals surface area (Å²) in [6.07, 6.45) is 2.62. The van der Waals surface area contributed by atoms with Gasteiger partial charge in [0.1, 0.15) is 5.65 Å². The van der Waals surface area contributed by atoms with Crippen molar-refractivity contribution in [3.8, 4) is 0 Å². The first-order chi connectivity index (χ1) is 15.1. The largest absolute Gasteiger partial charge is 0.294 e. The molecule has 0 N–H and O–H groups in total. The monoisotopic (exact) mass is 429 g/mol. The Balaban J connectivity index is 1.54. The van der Waals surface area contributed by atoms with Crippen LogP contribution in [0.3, 0.4) is 0 Å². The molecule has 5 rings (SSSR count). The zero-order valence-corrected chi connectivity index (χ0v) is 18.3. The molecule has 0 amide bonds. The number of hydrogen-bond acceptors (Lipinski definition) is 3. The second kappa shape index (κ2) is 8.29. The van der Waals surface area contributed by atoms with Crippen molar-refractivity contribution in [1.29, 1.82) is 0 Å². The zero-order valence-electron chi connectivity index (χ0n) is 17.5. The number of halogens is 1. The number of benzene rings is 2. The molecule has 0 bridgehead atoms. The molecule has 0 saturated carbocycles. The van der Waals surface area contributed by atoms with Crippen LogP contribution < -0.4 is 5.56 Å². The molecule has 2 aromatic carbocycles. The summed E-state index contributed by atoms with van der Waals surface area (Å²) in [4.78, 5) is 20.5. The van der Waals surface area contributed by atoms with Crippen molar-refractivity contribution in [2.75, 3.05) is 6.54 Å². The SMILES string of the molecule is Cc1ccc(Cn2c(=O)c3c(c4cccnc42)CCN(Cc2cccc(Cl)c2)C3)cc1. The quantitative estimate of drug-likeness (QED) is 0.460. The summed E-state index contributed by atoms with van der Waals surface area (Å²) >= 11 is 6.16. The van der Waals surface area contributed by atoms with E-state index in [1.807, 2.05) is 28.8 Å². The van der Waals surface area contributed by atoms with Gasteiger partial charge >= 0.3 is 0 Å². The molecule has 156 valence electrons. The molecule has 0 fully saturated rings. The van der Waals surface area contributed by atoms with Gasteiger partial charge in [-0.25, -0.2) is 4.98 Å². The van der Waals surface area contributed by atoms with Gasteiger partial charge in [0.15, 0.2) is 0 Å². The van der Waals surface area contributed by atoms with E-state index in [9.17, 15) is 4.79 Å². The number of fused-ring (bicyclic) bond motifs is 3. The van der Waals surface area contributed by atoms with E-state index < -0.39 is 0 Å². The molecule has 5 heteroatoms. The van der Waals surface area contributed by atoms with Gasteiger partial charge in [-0.3, -0.25) is 14.3 Å². The minimum atomic E-state index is 0.0672. The van der Waals surface area contributed by atoms with Crippen LogP contribution in [-0.2, 0) is 26.1 Å². The fourth-order valence-corrected chi connectivity index (χ4v) is 4.68. The van der Waals surface area contributed by atoms with Crippen LogP contribution in [0.15, 0.2) is 71.7 Å². The Morgan fingerprint density at radius 2 is 1.81 bits per heavy atom. The molecule has 3 heterocycles. The topological polar surface area (TPSA) is 38.1 Å². The number of rotatable bonds is 4. The van der Waals surface area contributed by atoms with Gasteiger partial charge < -0.3 is 0 Å². The number of pyridine rings is 2. The molecular formula is C26H24ClN3O. The van der Waals surface area contributed by atoms with Gasteiger partial charge in [0.2, 0.25) is 0 Å². The summed E-state index contributed by atoms with van der Waals surface area (Å²) in [7, 11) is 0. The van der Waals surface area contributed by atoms with Crippen LogP contribution in [0, 0.1) is 6.92 Å². The molecule has 0 saturated heterocycles. The van der Waals surface area contributed by atoms with Crippen LogP contribution >= 0.6 is 11.6 Å². The second-order valence-corrected chi connectivity index (χ2v) is 8.74. The Morgan fingerprint density at radius 1 is 0.968 bits per heavy atom. The van der Waals surface area contributed by atoms with E-state index in [1.54, 1.807) is 6.20 Å². The van der Waals surface area contributed by atoms with Gasteiger partial charge in [-0.2, -0.15) is 0 Å². The van der Waals surface area contributed by atoms with Gasteiger partial charge in [-0.15, -0.1) is 0 Å². The van der Waals surface area contributed by atoms with Gasteiger partial charge in [0, 0.05) is 41.8 Å². The van der Waals surface area contributed by atoms with Crippen LogP contribution in [0.1, 0.15) is 27.8 Å². The summed E-state index contributed by atoms with van der Waals surface area (Å²) in [6.45, 7) is 4.92. The molecule has 1 aliphatic heterocycles. The van der Waals surface area contributed by atoms with Crippen LogP contribution in [0.2, 0.25) is 5.02 Å². The third-order valence-corrected chi connectivity index (χ3v) is 6.29. The van der Waals surface area contributed by atoms with E-state index in [1.165, 1.54) is 11.1 Å². The smallest absolute Gasteiger partial charge is 0.257 e. The van der Waals surface area contributed by atoms with Gasteiger partial charge in [-0.05, 0) is 54.3 Å². The molecular weight excluding hydrogens is 406 g/mol. The molecule has 4 nitrogen and oxygen atoms in total. The van der Waals surface area contributed by atoms with Crippen molar-refractivity contribution in [1.82, 2.24) is 14.5 Å². The fourth-order valence-electron chi connectivity index (χ4n) is 4.47. The lowest BCUT2D eigenvalue weighted by molar-refractivity contribution is 0.244. The third-order valence-electron chi connectivity index (χ3n) is 6.05. The summed E-state index contributed by atoms with van der Waals surface area (Å²) in [5.41, 5.74) is 6.36. The first-order valence-electron chi connectivity index (χ1n) is 10.6. The van der Waals surface area contributed by atoms with Crippen molar-refractivity contribution in [3.63, 3.8) is 0 Å². The van der Waals surface area contributed by atoms with Crippen LogP contribution in [0.25, 0.3) is 11.0 Å². The van der Waals surface area contributed by atoms with Crippen molar-refractivity contribution in [2.24, 2.45) is 0 Å². The fraction of sp³-hybridized carbons (Fsp3) is 0.231. The van der Waals surface area contributed by atoms with Crippen LogP contribution in [0.4, 0.5) is 0 Å². The maximum atomic E-state index is 13.6. The highest BCUT2D eigenvalue weighted by Crippen LogP contribution is 2.26. The lowest BCUT2D eigenvalue weighted by Crippen LogP contribution is -2.37. The Morgan fingerprint density at radius 3 is 2.61 bits per heavy atom. The van der Waals surface area contributed by atoms with Crippen LogP contribution in [-0.4, -0.2) is 21.0 Å². The lowest BCUT2D eigenvalue weighted by atomic mass is 9.97. The molecule has 0 atom stereocenters. The maximum Gasteiger partial charge on any atom is 0.257 e. The summed E-state index contributed by atoms with van der Waals surface area (Å²) < 4.78 is 1.84. The minimum absolute atomic E-state index is 0.0672. The molecule has 31 heavy (non-hydrogen) atoms. The lowest BCUT2D eigenvalue weighted by Gasteiger charge is -2.30. The van der Waals surface area contributed by atoms with E-state index in [0.29, 0.717) is 13.1 Å². The Labute approximate surface area is 186 Å². The molecule has 2 aromatic heterocycles. The Hall–Kier alpha value is -2.95. The van der Waals surface area contributed by atoms with E-state index in [-0.39, 0.29) is 5.56 Å². The first kappa shape index (κ1) is 20.0. The van der Waals surface area contributed by atoms with Gasteiger partial charge in [-0.1, -0.05) is 53.6 Å². The summed E-state index contributed by atoms with van der Waals surface area (Å²) in [5.74, 6) is 0. The van der Waals surface area contributed by atoms with Crippen molar-refractivity contribution < 1.29 is 0 Å². The molecule has 0 aliphatic carbocycles. The highest BCUT2D eigenvalue weighted by Gasteiger charge is 2.24. The van der Waals surface area contributed by atoms with Crippen molar-refractivity contribution >= 4 is 22.6 Å².